The predicted molar refractivity (Wildman–Crippen MR) is 146 cm³/mol. The van der Waals surface area contributed by atoms with Gasteiger partial charge in [-0.05, 0) is 29.8 Å². The highest BCUT2D eigenvalue weighted by Crippen LogP contribution is 2.38. The van der Waals surface area contributed by atoms with Gasteiger partial charge in [0, 0.05) is 35.5 Å². The molecule has 0 bridgehead atoms. The Labute approximate surface area is 223 Å². The van der Waals surface area contributed by atoms with Gasteiger partial charge in [-0.25, -0.2) is 19.5 Å². The fourth-order valence-corrected chi connectivity index (χ4v) is 4.49. The summed E-state index contributed by atoms with van der Waals surface area (Å²) in [6.45, 7) is 4.49. The molecule has 0 spiro atoms. The third-order valence-corrected chi connectivity index (χ3v) is 6.58. The van der Waals surface area contributed by atoms with Crippen LogP contribution in [0.2, 0.25) is 0 Å². The second-order valence-corrected chi connectivity index (χ2v) is 8.95. The molecule has 39 heavy (non-hydrogen) atoms. The van der Waals surface area contributed by atoms with Gasteiger partial charge in [0.1, 0.15) is 24.0 Å². The Morgan fingerprint density at radius 3 is 2.67 bits per heavy atom. The molecule has 1 aliphatic rings. The summed E-state index contributed by atoms with van der Waals surface area (Å²) in [5, 5.41) is 8.42. The van der Waals surface area contributed by atoms with E-state index in [4.69, 9.17) is 14.2 Å². The molecular formula is C28H25N7O4. The number of carbonyl (C=O) groups excluding carboxylic acids is 1. The average Bonchev–Trinajstić information content (AvgIpc) is 3.42. The molecule has 5 aromatic rings. The Morgan fingerprint density at radius 1 is 1.03 bits per heavy atom. The van der Waals surface area contributed by atoms with Crippen molar-refractivity contribution in [2.75, 3.05) is 32.6 Å². The summed E-state index contributed by atoms with van der Waals surface area (Å²) in [6.07, 6.45) is 8.08. The topological polar surface area (TPSA) is 116 Å². The molecule has 3 aromatic heterocycles. The zero-order valence-corrected chi connectivity index (χ0v) is 21.4. The highest BCUT2D eigenvalue weighted by atomic mass is 16.5. The molecule has 1 amide bonds. The van der Waals surface area contributed by atoms with Gasteiger partial charge < -0.3 is 24.4 Å². The van der Waals surface area contributed by atoms with E-state index < -0.39 is 0 Å². The Morgan fingerprint density at radius 2 is 1.87 bits per heavy atom. The summed E-state index contributed by atoms with van der Waals surface area (Å²) < 4.78 is 19.1. The number of aromatic nitrogens is 5. The molecule has 4 heterocycles. The van der Waals surface area contributed by atoms with Gasteiger partial charge in [-0.3, -0.25) is 4.79 Å². The minimum atomic E-state index is -0.154. The first-order chi connectivity index (χ1) is 19.1. The number of rotatable bonds is 8. The van der Waals surface area contributed by atoms with Crippen molar-refractivity contribution in [1.29, 1.82) is 0 Å². The van der Waals surface area contributed by atoms with Crippen molar-refractivity contribution in [1.82, 2.24) is 29.5 Å². The van der Waals surface area contributed by atoms with Crippen molar-refractivity contribution < 1.29 is 19.0 Å². The van der Waals surface area contributed by atoms with Crippen molar-refractivity contribution in [3.8, 4) is 28.4 Å². The lowest BCUT2D eigenvalue weighted by atomic mass is 10.1. The van der Waals surface area contributed by atoms with Gasteiger partial charge in [-0.15, -0.1) is 0 Å². The lowest BCUT2D eigenvalue weighted by molar-refractivity contribution is -0.134. The van der Waals surface area contributed by atoms with Crippen LogP contribution in [0.4, 0.5) is 11.5 Å². The zero-order valence-electron chi connectivity index (χ0n) is 21.4. The number of fused-ring (bicyclic) bond motifs is 2. The van der Waals surface area contributed by atoms with E-state index in [9.17, 15) is 4.79 Å². The number of methoxy groups -OCH3 is 2. The summed E-state index contributed by atoms with van der Waals surface area (Å²) >= 11 is 0. The lowest BCUT2D eigenvalue weighted by Crippen LogP contribution is -2.55. The van der Waals surface area contributed by atoms with Crippen LogP contribution < -0.4 is 19.5 Å². The number of ether oxygens (including phenoxy) is 3. The number of hydrogen-bond acceptors (Lipinski definition) is 9. The first kappa shape index (κ1) is 24.2. The molecule has 0 atom stereocenters. The van der Waals surface area contributed by atoms with Crippen LogP contribution in [0.15, 0.2) is 74.0 Å². The summed E-state index contributed by atoms with van der Waals surface area (Å²) in [4.78, 5) is 26.9. The Balaban J connectivity index is 1.33. The largest absolute Gasteiger partial charge is 0.495 e. The lowest BCUT2D eigenvalue weighted by Gasteiger charge is -2.38. The molecule has 1 saturated heterocycles. The number of benzene rings is 2. The normalized spacial score (nSPS) is 13.2. The number of amides is 1. The van der Waals surface area contributed by atoms with Crippen LogP contribution in [0.1, 0.15) is 0 Å². The van der Waals surface area contributed by atoms with Gasteiger partial charge in [0.15, 0.2) is 17.1 Å². The Hall–Kier alpha value is -5.19. The van der Waals surface area contributed by atoms with Gasteiger partial charge in [0.2, 0.25) is 5.91 Å². The number of nitrogens with zero attached hydrogens (tertiary/aromatic N) is 6. The summed E-state index contributed by atoms with van der Waals surface area (Å²) in [5.41, 5.74) is 3.99. The SMILES string of the molecule is C=CC(=O)N1CC(Oc2cc3c(Nc4cc(-c5cnc6ccnn6c5)ccc4OC)ncnc3cc2OC)C1. The minimum Gasteiger partial charge on any atom is -0.495 e. The van der Waals surface area contributed by atoms with Crippen LogP contribution in [-0.2, 0) is 4.79 Å². The number of carbonyl (C=O) groups is 1. The fraction of sp³-hybridized carbons (Fsp3) is 0.179. The molecular weight excluding hydrogens is 498 g/mol. The predicted octanol–water partition coefficient (Wildman–Crippen LogP) is 3.88. The maximum atomic E-state index is 11.8. The maximum Gasteiger partial charge on any atom is 0.246 e. The molecule has 1 aliphatic heterocycles. The number of likely N-dealkylation sites (tertiary alicyclic amines) is 1. The quantitative estimate of drug-likeness (QED) is 0.303. The van der Waals surface area contributed by atoms with E-state index in [-0.39, 0.29) is 12.0 Å². The average molecular weight is 524 g/mol. The van der Waals surface area contributed by atoms with Crippen LogP contribution in [0, 0.1) is 0 Å². The number of anilines is 2. The van der Waals surface area contributed by atoms with E-state index in [1.807, 2.05) is 48.8 Å². The monoisotopic (exact) mass is 523 g/mol. The van der Waals surface area contributed by atoms with Crippen molar-refractivity contribution in [3.63, 3.8) is 0 Å². The van der Waals surface area contributed by atoms with Crippen LogP contribution in [0.25, 0.3) is 27.7 Å². The van der Waals surface area contributed by atoms with Gasteiger partial charge in [-0.2, -0.15) is 5.10 Å². The molecule has 6 rings (SSSR count). The second-order valence-electron chi connectivity index (χ2n) is 8.95. The fourth-order valence-electron chi connectivity index (χ4n) is 4.49. The van der Waals surface area contributed by atoms with E-state index in [0.29, 0.717) is 47.4 Å². The summed E-state index contributed by atoms with van der Waals surface area (Å²) in [6, 6.07) is 11.3. The van der Waals surface area contributed by atoms with E-state index >= 15 is 0 Å². The Bertz CT molecular complexity index is 1710. The number of hydrogen-bond donors (Lipinski definition) is 1. The molecule has 0 aliphatic carbocycles. The van der Waals surface area contributed by atoms with Crippen LogP contribution >= 0.6 is 0 Å². The third-order valence-electron chi connectivity index (χ3n) is 6.58. The van der Waals surface area contributed by atoms with Crippen molar-refractivity contribution in [2.45, 2.75) is 6.10 Å². The smallest absolute Gasteiger partial charge is 0.246 e. The summed E-state index contributed by atoms with van der Waals surface area (Å²) in [7, 11) is 3.19. The molecule has 11 nitrogen and oxygen atoms in total. The van der Waals surface area contributed by atoms with Crippen LogP contribution in [-0.4, -0.2) is 68.8 Å². The summed E-state index contributed by atoms with van der Waals surface area (Å²) in [5.74, 6) is 2.18. The van der Waals surface area contributed by atoms with Gasteiger partial charge in [-0.1, -0.05) is 12.6 Å². The van der Waals surface area contributed by atoms with Gasteiger partial charge >= 0.3 is 0 Å². The van der Waals surface area contributed by atoms with Gasteiger partial charge in [0.05, 0.1) is 44.7 Å². The maximum absolute atomic E-state index is 11.8. The molecule has 11 heteroatoms. The number of nitrogens with one attached hydrogen (secondary N) is 1. The highest BCUT2D eigenvalue weighted by Gasteiger charge is 2.31. The minimum absolute atomic E-state index is 0.114. The molecule has 0 radical (unpaired) electrons. The molecule has 1 N–H and O–H groups in total. The first-order valence-electron chi connectivity index (χ1n) is 12.2. The standard InChI is InChI=1S/C28H25N7O4/c1-4-27(36)34-14-19(15-34)39-25-10-20-21(11-24(25)38-3)30-16-31-28(20)33-22-9-17(5-6-23(22)37-2)18-12-29-26-7-8-32-35(26)13-18/h4-13,16,19H,1,14-15H2,2-3H3,(H,30,31,33). The van der Waals surface area contributed by atoms with Gasteiger partial charge in [0.25, 0.3) is 0 Å². The zero-order chi connectivity index (χ0) is 26.9. The first-order valence-corrected chi connectivity index (χ1v) is 12.2. The van der Waals surface area contributed by atoms with E-state index in [0.717, 1.165) is 22.2 Å². The van der Waals surface area contributed by atoms with Crippen molar-refractivity contribution >= 4 is 34.0 Å². The molecule has 196 valence electrons. The van der Waals surface area contributed by atoms with Crippen molar-refractivity contribution in [3.05, 3.63) is 74.0 Å². The molecule has 2 aromatic carbocycles. The molecule has 0 unspecified atom stereocenters. The third kappa shape index (κ3) is 4.54. The Kier molecular flexibility index (Phi) is 6.16. The van der Waals surface area contributed by atoms with E-state index in [1.165, 1.54) is 12.4 Å². The van der Waals surface area contributed by atoms with E-state index in [1.54, 1.807) is 29.8 Å². The van der Waals surface area contributed by atoms with Crippen LogP contribution in [0.5, 0.6) is 17.2 Å². The molecule has 1 fully saturated rings. The van der Waals surface area contributed by atoms with Crippen molar-refractivity contribution in [2.24, 2.45) is 0 Å². The van der Waals surface area contributed by atoms with E-state index in [2.05, 4.69) is 31.9 Å². The molecule has 0 saturated carbocycles. The van der Waals surface area contributed by atoms with Crippen LogP contribution in [0.3, 0.4) is 0 Å². The second kappa shape index (κ2) is 9.93. The highest BCUT2D eigenvalue weighted by molar-refractivity contribution is 5.94.